The highest BCUT2D eigenvalue weighted by Crippen LogP contribution is 2.30. The predicted octanol–water partition coefficient (Wildman–Crippen LogP) is 0.229. The van der Waals surface area contributed by atoms with E-state index in [1.165, 1.54) is 0 Å². The molecule has 0 aliphatic carbocycles. The Bertz CT molecular complexity index is 199. The van der Waals surface area contributed by atoms with Crippen LogP contribution >= 0.6 is 0 Å². The quantitative estimate of drug-likeness (QED) is 0.498. The van der Waals surface area contributed by atoms with E-state index >= 15 is 0 Å². The zero-order valence-electron chi connectivity index (χ0n) is 6.66. The summed E-state index contributed by atoms with van der Waals surface area (Å²) >= 11 is 0. The summed E-state index contributed by atoms with van der Waals surface area (Å²) in [4.78, 5) is 2.25. The molecule has 2 heterocycles. The molecule has 3 atom stereocenters. The number of nitriles is 1. The summed E-state index contributed by atoms with van der Waals surface area (Å²) in [6, 6.07) is 2.30. The smallest absolute Gasteiger partial charge is 0.0865 e. The number of hydrogen-bond acceptors (Lipinski definition) is 3. The Balaban J connectivity index is 2.09. The second-order valence-electron chi connectivity index (χ2n) is 3.49. The van der Waals surface area contributed by atoms with Gasteiger partial charge in [0, 0.05) is 13.1 Å². The lowest BCUT2D eigenvalue weighted by molar-refractivity contribution is -0.0340. The standard InChI is InChI=1S/C8H12N2O/c1-10-4-7-2-6(3-9)8(5-10)11-7/h6-8H,2,4-5H2,1H3/t6-,7+,8+/m0/s1. The van der Waals surface area contributed by atoms with Gasteiger partial charge in [-0.05, 0) is 13.5 Å². The summed E-state index contributed by atoms with van der Waals surface area (Å²) in [5.74, 6) is 0.143. The molecule has 2 rings (SSSR count). The first-order valence-corrected chi connectivity index (χ1v) is 4.03. The van der Waals surface area contributed by atoms with Crippen LogP contribution in [0.3, 0.4) is 0 Å². The molecule has 0 aromatic carbocycles. The lowest BCUT2D eigenvalue weighted by atomic mass is 10.0. The highest BCUT2D eigenvalue weighted by atomic mass is 16.5. The molecule has 0 N–H and O–H groups in total. The summed E-state index contributed by atoms with van der Waals surface area (Å²) in [5.41, 5.74) is 0. The number of hydrogen-bond donors (Lipinski definition) is 0. The number of likely N-dealkylation sites (tertiary alicyclic amines) is 1. The van der Waals surface area contributed by atoms with Crippen molar-refractivity contribution in [3.63, 3.8) is 0 Å². The van der Waals surface area contributed by atoms with E-state index < -0.39 is 0 Å². The van der Waals surface area contributed by atoms with Crippen molar-refractivity contribution in [2.24, 2.45) is 5.92 Å². The Labute approximate surface area is 66.5 Å². The van der Waals surface area contributed by atoms with E-state index in [1.807, 2.05) is 0 Å². The molecular weight excluding hydrogens is 140 g/mol. The van der Waals surface area contributed by atoms with Gasteiger partial charge in [-0.3, -0.25) is 0 Å². The first kappa shape index (κ1) is 7.08. The van der Waals surface area contributed by atoms with E-state index in [2.05, 4.69) is 18.0 Å². The van der Waals surface area contributed by atoms with E-state index in [9.17, 15) is 0 Å². The molecule has 3 heteroatoms. The molecule has 0 aromatic heterocycles. The van der Waals surface area contributed by atoms with Gasteiger partial charge < -0.3 is 9.64 Å². The van der Waals surface area contributed by atoms with Crippen molar-refractivity contribution in [1.82, 2.24) is 4.90 Å². The van der Waals surface area contributed by atoms with Crippen LogP contribution in [0, 0.1) is 17.2 Å². The predicted molar refractivity (Wildman–Crippen MR) is 39.9 cm³/mol. The maximum atomic E-state index is 8.75. The normalized spacial score (nSPS) is 43.8. The average molecular weight is 152 g/mol. The Morgan fingerprint density at radius 3 is 3.09 bits per heavy atom. The molecule has 0 radical (unpaired) electrons. The van der Waals surface area contributed by atoms with Gasteiger partial charge in [-0.25, -0.2) is 0 Å². The van der Waals surface area contributed by atoms with Crippen LogP contribution in [0.4, 0.5) is 0 Å². The Hall–Kier alpha value is -0.590. The van der Waals surface area contributed by atoms with Crippen LogP contribution in [-0.4, -0.2) is 37.2 Å². The van der Waals surface area contributed by atoms with E-state index in [0.717, 1.165) is 19.5 Å². The van der Waals surface area contributed by atoms with Crippen molar-refractivity contribution in [3.05, 3.63) is 0 Å². The summed E-state index contributed by atoms with van der Waals surface area (Å²) in [7, 11) is 2.09. The third-order valence-electron chi connectivity index (χ3n) is 2.51. The van der Waals surface area contributed by atoms with Crippen molar-refractivity contribution in [2.75, 3.05) is 20.1 Å². The van der Waals surface area contributed by atoms with Crippen molar-refractivity contribution in [3.8, 4) is 6.07 Å². The zero-order chi connectivity index (χ0) is 7.84. The van der Waals surface area contributed by atoms with Gasteiger partial charge >= 0.3 is 0 Å². The molecule has 2 saturated heterocycles. The molecule has 3 nitrogen and oxygen atoms in total. The van der Waals surface area contributed by atoms with Gasteiger partial charge in [-0.15, -0.1) is 0 Å². The van der Waals surface area contributed by atoms with Crippen LogP contribution < -0.4 is 0 Å². The molecule has 0 saturated carbocycles. The fourth-order valence-corrected chi connectivity index (χ4v) is 1.99. The summed E-state index contributed by atoms with van der Waals surface area (Å²) in [6.45, 7) is 1.92. The highest BCUT2D eigenvalue weighted by Gasteiger charge is 2.39. The van der Waals surface area contributed by atoms with Gasteiger partial charge in [0.2, 0.25) is 0 Å². The van der Waals surface area contributed by atoms with Gasteiger partial charge in [0.25, 0.3) is 0 Å². The maximum Gasteiger partial charge on any atom is 0.0865 e. The summed E-state index contributed by atoms with van der Waals surface area (Å²) in [6.07, 6.45) is 1.44. The minimum absolute atomic E-state index is 0.143. The Morgan fingerprint density at radius 2 is 2.36 bits per heavy atom. The Morgan fingerprint density at radius 1 is 1.55 bits per heavy atom. The van der Waals surface area contributed by atoms with Crippen LogP contribution in [0.1, 0.15) is 6.42 Å². The molecule has 2 aliphatic heterocycles. The molecule has 0 amide bonds. The average Bonchev–Trinajstić information content (AvgIpc) is 2.25. The molecule has 60 valence electrons. The molecule has 0 aromatic rings. The molecule has 2 aliphatic rings. The van der Waals surface area contributed by atoms with Crippen LogP contribution in [-0.2, 0) is 4.74 Å². The first-order valence-electron chi connectivity index (χ1n) is 4.03. The van der Waals surface area contributed by atoms with Crippen molar-refractivity contribution in [2.45, 2.75) is 18.6 Å². The van der Waals surface area contributed by atoms with Crippen LogP contribution in [0.15, 0.2) is 0 Å². The number of likely N-dealkylation sites (N-methyl/N-ethyl adjacent to an activating group) is 1. The molecule has 2 fully saturated rings. The number of ether oxygens (including phenoxy) is 1. The summed E-state index contributed by atoms with van der Waals surface area (Å²) in [5, 5.41) is 8.75. The third-order valence-corrected chi connectivity index (χ3v) is 2.51. The van der Waals surface area contributed by atoms with Crippen LogP contribution in [0.25, 0.3) is 0 Å². The number of morpholine rings is 1. The second-order valence-corrected chi connectivity index (χ2v) is 3.49. The van der Waals surface area contributed by atoms with Gasteiger partial charge in [-0.2, -0.15) is 5.26 Å². The largest absolute Gasteiger partial charge is 0.371 e. The third kappa shape index (κ3) is 1.13. The van der Waals surface area contributed by atoms with E-state index in [4.69, 9.17) is 10.00 Å². The van der Waals surface area contributed by atoms with Crippen LogP contribution in [0.5, 0.6) is 0 Å². The van der Waals surface area contributed by atoms with Crippen molar-refractivity contribution in [1.29, 1.82) is 5.26 Å². The fraction of sp³-hybridized carbons (Fsp3) is 0.875. The van der Waals surface area contributed by atoms with E-state index in [-0.39, 0.29) is 12.0 Å². The number of rotatable bonds is 0. The lowest BCUT2D eigenvalue weighted by Gasteiger charge is -2.28. The molecule has 11 heavy (non-hydrogen) atoms. The zero-order valence-corrected chi connectivity index (χ0v) is 6.66. The van der Waals surface area contributed by atoms with E-state index in [1.54, 1.807) is 0 Å². The number of fused-ring (bicyclic) bond motifs is 2. The maximum absolute atomic E-state index is 8.75. The molecule has 2 bridgehead atoms. The van der Waals surface area contributed by atoms with Gasteiger partial charge in [-0.1, -0.05) is 0 Å². The highest BCUT2D eigenvalue weighted by molar-refractivity contribution is 4.99. The fourth-order valence-electron chi connectivity index (χ4n) is 1.99. The first-order chi connectivity index (χ1) is 5.29. The summed E-state index contributed by atoms with van der Waals surface area (Å²) < 4.78 is 5.61. The lowest BCUT2D eigenvalue weighted by Crippen LogP contribution is -2.40. The van der Waals surface area contributed by atoms with E-state index in [0.29, 0.717) is 6.10 Å². The SMILES string of the molecule is CN1C[C@H]2C[C@@H](C#N)[C@@H](C1)O2. The van der Waals surface area contributed by atoms with Crippen LogP contribution in [0.2, 0.25) is 0 Å². The molecular formula is C8H12N2O. The van der Waals surface area contributed by atoms with Crippen molar-refractivity contribution < 1.29 is 4.74 Å². The molecule has 0 spiro atoms. The van der Waals surface area contributed by atoms with Gasteiger partial charge in [0.15, 0.2) is 0 Å². The topological polar surface area (TPSA) is 36.3 Å². The Kier molecular flexibility index (Phi) is 1.59. The van der Waals surface area contributed by atoms with Crippen molar-refractivity contribution >= 4 is 0 Å². The number of nitrogens with zero attached hydrogens (tertiary/aromatic N) is 2. The van der Waals surface area contributed by atoms with Gasteiger partial charge in [0.05, 0.1) is 24.2 Å². The minimum atomic E-state index is 0.143. The second kappa shape index (κ2) is 2.47. The monoisotopic (exact) mass is 152 g/mol. The molecule has 0 unspecified atom stereocenters. The van der Waals surface area contributed by atoms with Gasteiger partial charge in [0.1, 0.15) is 0 Å². The minimum Gasteiger partial charge on any atom is -0.371 e.